The van der Waals surface area contributed by atoms with E-state index in [1.165, 1.54) is 0 Å². The highest BCUT2D eigenvalue weighted by atomic mass is 35.5. The maximum Gasteiger partial charge on any atom is 0.328 e. The summed E-state index contributed by atoms with van der Waals surface area (Å²) in [7, 11) is 0. The van der Waals surface area contributed by atoms with Gasteiger partial charge in [-0.25, -0.2) is 4.79 Å². The van der Waals surface area contributed by atoms with Crippen LogP contribution in [-0.4, -0.2) is 61.6 Å². The van der Waals surface area contributed by atoms with Crippen LogP contribution in [0.25, 0.3) is 0 Å². The summed E-state index contributed by atoms with van der Waals surface area (Å²) in [5.74, 6) is -0.512. The van der Waals surface area contributed by atoms with E-state index in [1.54, 1.807) is 18.3 Å². The Morgan fingerprint density at radius 1 is 1.39 bits per heavy atom. The van der Waals surface area contributed by atoms with Crippen molar-refractivity contribution in [1.82, 2.24) is 19.9 Å². The lowest BCUT2D eigenvalue weighted by Crippen LogP contribution is -2.60. The van der Waals surface area contributed by atoms with E-state index in [-0.39, 0.29) is 23.9 Å². The number of aromatic nitrogens is 3. The number of amides is 1. The van der Waals surface area contributed by atoms with Gasteiger partial charge in [-0.2, -0.15) is 0 Å². The molecule has 28 heavy (non-hydrogen) atoms. The Kier molecular flexibility index (Phi) is 5.94. The van der Waals surface area contributed by atoms with Crippen LogP contribution in [0.4, 0.5) is 0 Å². The van der Waals surface area contributed by atoms with Crippen molar-refractivity contribution in [2.24, 2.45) is 0 Å². The molecular formula is C17H19ClN4O6. The Morgan fingerprint density at radius 2 is 2.14 bits per heavy atom. The van der Waals surface area contributed by atoms with Crippen LogP contribution in [0.15, 0.2) is 34.1 Å². The van der Waals surface area contributed by atoms with Gasteiger partial charge in [-0.3, -0.25) is 24.1 Å². The monoisotopic (exact) mass is 410 g/mol. The first-order valence-electron chi connectivity index (χ1n) is 8.47. The molecule has 1 amide bonds. The number of hydrogen-bond donors (Lipinski definition) is 4. The Bertz CT molecular complexity index is 973. The summed E-state index contributed by atoms with van der Waals surface area (Å²) in [6.07, 6.45) is -0.993. The van der Waals surface area contributed by atoms with E-state index in [0.29, 0.717) is 0 Å². The van der Waals surface area contributed by atoms with E-state index < -0.39 is 41.5 Å². The molecule has 10 nitrogen and oxygen atoms in total. The zero-order valence-electron chi connectivity index (χ0n) is 14.8. The largest absolute Gasteiger partial charge is 0.388 e. The quantitative estimate of drug-likeness (QED) is 0.495. The molecule has 150 valence electrons. The summed E-state index contributed by atoms with van der Waals surface area (Å²) in [4.78, 5) is 41.4. The van der Waals surface area contributed by atoms with Crippen LogP contribution < -0.4 is 16.6 Å². The number of pyridine rings is 1. The minimum atomic E-state index is -1.39. The van der Waals surface area contributed by atoms with Gasteiger partial charge >= 0.3 is 5.69 Å². The van der Waals surface area contributed by atoms with E-state index in [0.717, 1.165) is 16.3 Å². The molecule has 0 bridgehead atoms. The van der Waals surface area contributed by atoms with Crippen LogP contribution in [0.1, 0.15) is 16.1 Å². The zero-order chi connectivity index (χ0) is 20.4. The van der Waals surface area contributed by atoms with Gasteiger partial charge < -0.3 is 20.3 Å². The highest BCUT2D eigenvalue weighted by Crippen LogP contribution is 2.17. The molecule has 4 N–H and O–H groups in total. The minimum absolute atomic E-state index is 0.0909. The number of aryl methyl sites for hydroxylation is 1. The second-order valence-electron chi connectivity index (χ2n) is 6.54. The number of nitrogens with zero attached hydrogens (tertiary/aromatic N) is 2. The second kappa shape index (κ2) is 8.23. The first-order chi connectivity index (χ1) is 13.3. The average Bonchev–Trinajstić information content (AvgIpc) is 2.66. The number of aliphatic hydroxyl groups excluding tert-OH is 2. The number of aliphatic hydroxyl groups is 2. The molecule has 1 fully saturated rings. The molecule has 0 saturated carbocycles. The van der Waals surface area contributed by atoms with Crippen molar-refractivity contribution in [3.05, 3.63) is 61.6 Å². The topological polar surface area (TPSA) is 147 Å². The lowest BCUT2D eigenvalue weighted by atomic mass is 9.97. The number of carbonyl (C=O) groups is 1. The number of ether oxygens (including phenoxy) is 1. The van der Waals surface area contributed by atoms with Gasteiger partial charge in [0.1, 0.15) is 29.0 Å². The maximum absolute atomic E-state index is 12.2. The SMILES string of the molecule is Cc1ccc(C(=O)N[C@@H]2CO[C@H](Cn3cc(Cl)c(=O)[nH]c3=O)[C@@H](O)[C@H]2O)nc1. The van der Waals surface area contributed by atoms with Gasteiger partial charge in [0.25, 0.3) is 11.5 Å². The van der Waals surface area contributed by atoms with E-state index in [9.17, 15) is 24.6 Å². The van der Waals surface area contributed by atoms with Crippen LogP contribution in [0, 0.1) is 6.92 Å². The van der Waals surface area contributed by atoms with Gasteiger partial charge in [-0.15, -0.1) is 0 Å². The number of H-pyrrole nitrogens is 1. The molecule has 0 unspecified atom stereocenters. The fourth-order valence-corrected chi connectivity index (χ4v) is 2.99. The fraction of sp³-hybridized carbons (Fsp3) is 0.412. The van der Waals surface area contributed by atoms with E-state index in [4.69, 9.17) is 16.3 Å². The lowest BCUT2D eigenvalue weighted by Gasteiger charge is -2.38. The van der Waals surface area contributed by atoms with Gasteiger partial charge in [-0.1, -0.05) is 17.7 Å². The molecule has 11 heteroatoms. The number of hydrogen-bond acceptors (Lipinski definition) is 7. The third kappa shape index (κ3) is 4.30. The smallest absolute Gasteiger partial charge is 0.328 e. The average molecular weight is 411 g/mol. The summed E-state index contributed by atoms with van der Waals surface area (Å²) >= 11 is 5.71. The van der Waals surface area contributed by atoms with Gasteiger partial charge in [0, 0.05) is 12.4 Å². The molecule has 2 aromatic heterocycles. The Hall–Kier alpha value is -2.53. The number of rotatable bonds is 4. The van der Waals surface area contributed by atoms with Gasteiger partial charge in [0.05, 0.1) is 19.2 Å². The van der Waals surface area contributed by atoms with Crippen LogP contribution >= 0.6 is 11.6 Å². The molecule has 1 aliphatic heterocycles. The predicted molar refractivity (Wildman–Crippen MR) is 98.3 cm³/mol. The molecule has 4 atom stereocenters. The normalized spacial score (nSPS) is 24.7. The zero-order valence-corrected chi connectivity index (χ0v) is 15.6. The third-order valence-corrected chi connectivity index (χ3v) is 4.71. The van der Waals surface area contributed by atoms with Gasteiger partial charge in [0.2, 0.25) is 0 Å². The lowest BCUT2D eigenvalue weighted by molar-refractivity contribution is -0.152. The molecule has 1 saturated heterocycles. The molecule has 2 aromatic rings. The summed E-state index contributed by atoms with van der Waals surface area (Å²) in [5.41, 5.74) is -0.376. The minimum Gasteiger partial charge on any atom is -0.388 e. The molecule has 0 radical (unpaired) electrons. The van der Waals surface area contributed by atoms with Crippen molar-refractivity contribution < 1.29 is 19.7 Å². The van der Waals surface area contributed by atoms with Gasteiger partial charge in [-0.05, 0) is 18.6 Å². The van der Waals surface area contributed by atoms with E-state index in [2.05, 4.69) is 10.3 Å². The second-order valence-corrected chi connectivity index (χ2v) is 6.95. The first kappa shape index (κ1) is 20.2. The van der Waals surface area contributed by atoms with Gasteiger partial charge in [0.15, 0.2) is 0 Å². The Balaban J connectivity index is 1.66. The van der Waals surface area contributed by atoms with Crippen LogP contribution in [-0.2, 0) is 11.3 Å². The van der Waals surface area contributed by atoms with Crippen molar-refractivity contribution in [3.63, 3.8) is 0 Å². The molecular weight excluding hydrogens is 392 g/mol. The number of aromatic amines is 1. The standard InChI is InChI=1S/C17H19ClN4O6/c1-8-2-3-10(19-4-8)16(26)20-11-7-28-12(14(24)13(11)23)6-22-5-9(18)15(25)21-17(22)27/h2-5,11-14,23-24H,6-7H2,1H3,(H,20,26)(H,21,25,27)/t11-,12-,13+,14-/m1/s1. The number of nitrogens with one attached hydrogen (secondary N) is 2. The summed E-state index contributed by atoms with van der Waals surface area (Å²) in [5, 5.41) is 23.1. The molecule has 0 aliphatic carbocycles. The van der Waals surface area contributed by atoms with Crippen LogP contribution in [0.2, 0.25) is 5.02 Å². The fourth-order valence-electron chi connectivity index (χ4n) is 2.83. The van der Waals surface area contributed by atoms with Crippen LogP contribution in [0.5, 0.6) is 0 Å². The Morgan fingerprint density at radius 3 is 2.82 bits per heavy atom. The van der Waals surface area contributed by atoms with Crippen molar-refractivity contribution in [1.29, 1.82) is 0 Å². The van der Waals surface area contributed by atoms with Crippen molar-refractivity contribution in [2.45, 2.75) is 37.8 Å². The first-order valence-corrected chi connectivity index (χ1v) is 8.84. The Labute approximate surface area is 163 Å². The summed E-state index contributed by atoms with van der Waals surface area (Å²) in [6.45, 7) is 1.60. The highest BCUT2D eigenvalue weighted by molar-refractivity contribution is 6.30. The van der Waals surface area contributed by atoms with Crippen molar-refractivity contribution in [3.8, 4) is 0 Å². The van der Waals surface area contributed by atoms with Crippen molar-refractivity contribution >= 4 is 17.5 Å². The molecule has 0 spiro atoms. The van der Waals surface area contributed by atoms with E-state index >= 15 is 0 Å². The molecule has 0 aromatic carbocycles. The van der Waals surface area contributed by atoms with Crippen molar-refractivity contribution in [2.75, 3.05) is 6.61 Å². The molecule has 1 aliphatic rings. The molecule has 3 heterocycles. The number of halogens is 1. The summed E-state index contributed by atoms with van der Waals surface area (Å²) < 4.78 is 6.59. The summed E-state index contributed by atoms with van der Waals surface area (Å²) in [6, 6.07) is 2.41. The third-order valence-electron chi connectivity index (χ3n) is 4.44. The van der Waals surface area contributed by atoms with Crippen LogP contribution in [0.3, 0.4) is 0 Å². The highest BCUT2D eigenvalue weighted by Gasteiger charge is 2.39. The predicted octanol–water partition coefficient (Wildman–Crippen LogP) is -1.19. The van der Waals surface area contributed by atoms with E-state index in [1.807, 2.05) is 11.9 Å². The molecule has 3 rings (SSSR count). The maximum atomic E-state index is 12.2. The number of carbonyl (C=O) groups excluding carboxylic acids is 1.